The van der Waals surface area contributed by atoms with Gasteiger partial charge in [0.1, 0.15) is 11.5 Å². The van der Waals surface area contributed by atoms with Crippen molar-refractivity contribution in [2.75, 3.05) is 11.9 Å². The van der Waals surface area contributed by atoms with E-state index in [2.05, 4.69) is 10.6 Å². The van der Waals surface area contributed by atoms with Gasteiger partial charge >= 0.3 is 0 Å². The van der Waals surface area contributed by atoms with Crippen LogP contribution in [0, 0.1) is 0 Å². The Labute approximate surface area is 169 Å². The van der Waals surface area contributed by atoms with E-state index in [4.69, 9.17) is 26.8 Å². The lowest BCUT2D eigenvalue weighted by molar-refractivity contribution is -0.121. The van der Waals surface area contributed by atoms with Gasteiger partial charge in [-0.25, -0.2) is 13.6 Å². The number of rotatable bonds is 7. The van der Waals surface area contributed by atoms with E-state index < -0.39 is 15.9 Å². The minimum Gasteiger partial charge on any atom is -0.491 e. The molecule has 0 aliphatic carbocycles. The summed E-state index contributed by atoms with van der Waals surface area (Å²) in [5.41, 5.74) is 0.499. The summed E-state index contributed by atoms with van der Waals surface area (Å²) in [6.45, 7) is 3.64. The van der Waals surface area contributed by atoms with E-state index in [9.17, 15) is 13.2 Å². The van der Waals surface area contributed by atoms with Crippen LogP contribution in [0.2, 0.25) is 0 Å². The quantitative estimate of drug-likeness (QED) is 0.583. The molecule has 0 saturated heterocycles. The smallest absolute Gasteiger partial charge is 0.264 e. The number of hydrogen-bond donors (Lipinski definition) is 3. The van der Waals surface area contributed by atoms with Gasteiger partial charge in [-0.05, 0) is 74.6 Å². The van der Waals surface area contributed by atoms with Gasteiger partial charge in [-0.2, -0.15) is 0 Å². The molecule has 0 saturated carbocycles. The Balaban J connectivity index is 1.80. The number of anilines is 1. The van der Waals surface area contributed by atoms with Gasteiger partial charge in [0.25, 0.3) is 5.91 Å². The van der Waals surface area contributed by atoms with Crippen LogP contribution in [0.5, 0.6) is 11.5 Å². The SMILES string of the molecule is CC(C)Oc1ccc(OCC(=O)NC(=S)Nc2ccc(S(N)(=O)=O)cc2)cc1. The zero-order valence-corrected chi connectivity index (χ0v) is 17.0. The maximum Gasteiger partial charge on any atom is 0.264 e. The second-order valence-electron chi connectivity index (χ2n) is 6.00. The topological polar surface area (TPSA) is 120 Å². The molecule has 1 amide bonds. The van der Waals surface area contributed by atoms with Gasteiger partial charge in [-0.3, -0.25) is 10.1 Å². The zero-order chi connectivity index (χ0) is 20.7. The minimum atomic E-state index is -3.76. The first kappa shape index (κ1) is 21.6. The van der Waals surface area contributed by atoms with Crippen LogP contribution in [-0.2, 0) is 14.8 Å². The second-order valence-corrected chi connectivity index (χ2v) is 7.97. The van der Waals surface area contributed by atoms with Gasteiger partial charge in [0.15, 0.2) is 11.7 Å². The van der Waals surface area contributed by atoms with Gasteiger partial charge in [-0.15, -0.1) is 0 Å². The number of sulfonamides is 1. The average Bonchev–Trinajstić information content (AvgIpc) is 2.60. The molecule has 0 radical (unpaired) electrons. The Bertz CT molecular complexity index is 927. The highest BCUT2D eigenvalue weighted by Crippen LogP contribution is 2.18. The third kappa shape index (κ3) is 7.14. The molecule has 28 heavy (non-hydrogen) atoms. The molecule has 8 nitrogen and oxygen atoms in total. The first-order valence-corrected chi connectivity index (χ1v) is 10.2. The van der Waals surface area contributed by atoms with Crippen molar-refractivity contribution >= 4 is 38.9 Å². The number of carbonyl (C=O) groups excluding carboxylic acids is 1. The maximum absolute atomic E-state index is 11.9. The number of amides is 1. The first-order chi connectivity index (χ1) is 13.1. The highest BCUT2D eigenvalue weighted by atomic mass is 32.2. The van der Waals surface area contributed by atoms with Crippen molar-refractivity contribution in [2.24, 2.45) is 5.14 Å². The Morgan fingerprint density at radius 3 is 2.18 bits per heavy atom. The van der Waals surface area contributed by atoms with Crippen LogP contribution in [0.25, 0.3) is 0 Å². The minimum absolute atomic E-state index is 0.0220. The van der Waals surface area contributed by atoms with E-state index in [-0.39, 0.29) is 22.7 Å². The van der Waals surface area contributed by atoms with Gasteiger partial charge in [0, 0.05) is 5.69 Å². The van der Waals surface area contributed by atoms with Crippen LogP contribution in [0.3, 0.4) is 0 Å². The van der Waals surface area contributed by atoms with E-state index in [1.165, 1.54) is 24.3 Å². The molecule has 0 unspecified atom stereocenters. The molecular formula is C18H21N3O5S2. The van der Waals surface area contributed by atoms with Gasteiger partial charge in [0.2, 0.25) is 10.0 Å². The highest BCUT2D eigenvalue weighted by molar-refractivity contribution is 7.89. The number of ether oxygens (including phenoxy) is 2. The molecule has 0 aliphatic rings. The summed E-state index contributed by atoms with van der Waals surface area (Å²) < 4.78 is 33.4. The number of hydrogen-bond acceptors (Lipinski definition) is 6. The first-order valence-electron chi connectivity index (χ1n) is 8.27. The molecule has 0 bridgehead atoms. The van der Waals surface area contributed by atoms with Crippen molar-refractivity contribution < 1.29 is 22.7 Å². The van der Waals surface area contributed by atoms with Crippen molar-refractivity contribution in [3.8, 4) is 11.5 Å². The fourth-order valence-corrected chi connectivity index (χ4v) is 2.84. The summed E-state index contributed by atoms with van der Waals surface area (Å²) in [5, 5.41) is 10.3. The fraction of sp³-hybridized carbons (Fsp3) is 0.222. The lowest BCUT2D eigenvalue weighted by Gasteiger charge is -2.12. The summed E-state index contributed by atoms with van der Waals surface area (Å²) >= 11 is 5.05. The predicted octanol–water partition coefficient (Wildman–Crippen LogP) is 2.01. The molecule has 0 heterocycles. The summed E-state index contributed by atoms with van der Waals surface area (Å²) in [4.78, 5) is 11.9. The molecule has 0 spiro atoms. The Morgan fingerprint density at radius 2 is 1.64 bits per heavy atom. The molecule has 2 aromatic carbocycles. The van der Waals surface area contributed by atoms with E-state index in [1.54, 1.807) is 24.3 Å². The molecule has 0 aromatic heterocycles. The highest BCUT2D eigenvalue weighted by Gasteiger charge is 2.09. The van der Waals surface area contributed by atoms with Gasteiger partial charge < -0.3 is 14.8 Å². The third-order valence-electron chi connectivity index (χ3n) is 3.26. The molecule has 0 aliphatic heterocycles. The van der Waals surface area contributed by atoms with Crippen molar-refractivity contribution in [3.05, 3.63) is 48.5 Å². The van der Waals surface area contributed by atoms with Crippen molar-refractivity contribution in [1.82, 2.24) is 5.32 Å². The van der Waals surface area contributed by atoms with Gasteiger partial charge in [-0.1, -0.05) is 0 Å². The molecule has 2 aromatic rings. The lowest BCUT2D eigenvalue weighted by Crippen LogP contribution is -2.37. The van der Waals surface area contributed by atoms with E-state index in [1.807, 2.05) is 13.8 Å². The van der Waals surface area contributed by atoms with Crippen LogP contribution in [-0.4, -0.2) is 32.1 Å². The molecule has 10 heteroatoms. The number of primary sulfonamides is 1. The van der Waals surface area contributed by atoms with E-state index >= 15 is 0 Å². The molecular weight excluding hydrogens is 402 g/mol. The van der Waals surface area contributed by atoms with Gasteiger partial charge in [0.05, 0.1) is 11.0 Å². The summed E-state index contributed by atoms with van der Waals surface area (Å²) in [7, 11) is -3.76. The number of thiocarbonyl (C=S) groups is 1. The van der Waals surface area contributed by atoms with Crippen molar-refractivity contribution in [1.29, 1.82) is 0 Å². The molecule has 0 fully saturated rings. The molecule has 2 rings (SSSR count). The standard InChI is InChI=1S/C18H21N3O5S2/c1-12(2)26-15-7-5-14(6-8-15)25-11-17(22)21-18(27)20-13-3-9-16(10-4-13)28(19,23)24/h3-10,12H,11H2,1-2H3,(H2,19,23,24)(H2,20,21,22,27). The Hall–Kier alpha value is -2.69. The van der Waals surface area contributed by atoms with Crippen LogP contribution >= 0.6 is 12.2 Å². The lowest BCUT2D eigenvalue weighted by atomic mass is 10.3. The predicted molar refractivity (Wildman–Crippen MR) is 110 cm³/mol. The average molecular weight is 424 g/mol. The van der Waals surface area contributed by atoms with Crippen molar-refractivity contribution in [3.63, 3.8) is 0 Å². The van der Waals surface area contributed by atoms with Crippen LogP contribution in [0.1, 0.15) is 13.8 Å². The molecule has 0 atom stereocenters. The summed E-state index contributed by atoms with van der Waals surface area (Å²) in [6, 6.07) is 12.5. The van der Waals surface area contributed by atoms with E-state index in [0.29, 0.717) is 17.2 Å². The number of nitrogens with one attached hydrogen (secondary N) is 2. The van der Waals surface area contributed by atoms with Crippen LogP contribution in [0.15, 0.2) is 53.4 Å². The number of benzene rings is 2. The largest absolute Gasteiger partial charge is 0.491 e. The summed E-state index contributed by atoms with van der Waals surface area (Å²) in [5.74, 6) is 0.788. The maximum atomic E-state index is 11.9. The number of nitrogens with two attached hydrogens (primary N) is 1. The number of carbonyl (C=O) groups is 1. The fourth-order valence-electron chi connectivity index (χ4n) is 2.09. The second kappa shape index (κ2) is 9.49. The summed E-state index contributed by atoms with van der Waals surface area (Å²) in [6.07, 6.45) is 0.0713. The zero-order valence-electron chi connectivity index (χ0n) is 15.3. The van der Waals surface area contributed by atoms with Crippen LogP contribution < -0.4 is 25.2 Å². The monoisotopic (exact) mass is 423 g/mol. The third-order valence-corrected chi connectivity index (χ3v) is 4.39. The molecule has 150 valence electrons. The van der Waals surface area contributed by atoms with E-state index in [0.717, 1.165) is 0 Å². The van der Waals surface area contributed by atoms with Crippen molar-refractivity contribution in [2.45, 2.75) is 24.8 Å². The van der Waals surface area contributed by atoms with Crippen LogP contribution in [0.4, 0.5) is 5.69 Å². The normalized spacial score (nSPS) is 11.0. The Kier molecular flexibility index (Phi) is 7.32. The Morgan fingerprint density at radius 1 is 1.07 bits per heavy atom. The molecule has 4 N–H and O–H groups in total.